The van der Waals surface area contributed by atoms with E-state index in [4.69, 9.17) is 5.73 Å². The molecule has 2 heterocycles. The number of nitrogens with two attached hydrogens (primary N) is 1. The Morgan fingerprint density at radius 1 is 1.47 bits per heavy atom. The van der Waals surface area contributed by atoms with E-state index in [9.17, 15) is 0 Å². The number of anilines is 1. The molecule has 3 nitrogen and oxygen atoms in total. The van der Waals surface area contributed by atoms with Gasteiger partial charge in [0.2, 0.25) is 0 Å². The van der Waals surface area contributed by atoms with Crippen molar-refractivity contribution in [2.24, 2.45) is 0 Å². The van der Waals surface area contributed by atoms with Crippen LogP contribution in [0.15, 0.2) is 18.3 Å². The monoisotopic (exact) mass is 233 g/mol. The molecule has 0 unspecified atom stereocenters. The molecule has 0 saturated carbocycles. The van der Waals surface area contributed by atoms with Crippen molar-refractivity contribution < 1.29 is 0 Å². The number of hydrogen-bond donors (Lipinski definition) is 1. The van der Waals surface area contributed by atoms with Crippen LogP contribution in [-0.4, -0.2) is 23.0 Å². The van der Waals surface area contributed by atoms with Crippen LogP contribution in [0.1, 0.15) is 50.6 Å². The molecule has 3 heteroatoms. The molecular formula is C14H23N3. The number of piperidine rings is 1. The third kappa shape index (κ3) is 2.97. The Kier molecular flexibility index (Phi) is 4.37. The van der Waals surface area contributed by atoms with Gasteiger partial charge in [-0.05, 0) is 38.4 Å². The fourth-order valence-electron chi connectivity index (χ4n) is 2.68. The Bertz CT molecular complexity index is 351. The summed E-state index contributed by atoms with van der Waals surface area (Å²) in [5.41, 5.74) is 7.23. The van der Waals surface area contributed by atoms with Gasteiger partial charge in [0.1, 0.15) is 5.82 Å². The van der Waals surface area contributed by atoms with Gasteiger partial charge in [-0.15, -0.1) is 0 Å². The number of unbranched alkanes of at least 4 members (excludes halogenated alkanes) is 1. The quantitative estimate of drug-likeness (QED) is 0.869. The molecule has 1 atom stereocenters. The zero-order valence-electron chi connectivity index (χ0n) is 10.7. The van der Waals surface area contributed by atoms with Crippen LogP contribution >= 0.6 is 0 Å². The van der Waals surface area contributed by atoms with Gasteiger partial charge in [0, 0.05) is 17.8 Å². The molecule has 17 heavy (non-hydrogen) atoms. The van der Waals surface area contributed by atoms with E-state index < -0.39 is 0 Å². The average Bonchev–Trinajstić information content (AvgIpc) is 2.37. The first-order valence-corrected chi connectivity index (χ1v) is 6.77. The second kappa shape index (κ2) is 6.01. The molecule has 2 rings (SSSR count). The van der Waals surface area contributed by atoms with Gasteiger partial charge in [0.25, 0.3) is 0 Å². The van der Waals surface area contributed by atoms with Gasteiger partial charge in [-0.25, -0.2) is 4.98 Å². The average molecular weight is 233 g/mol. The highest BCUT2D eigenvalue weighted by molar-refractivity contribution is 5.41. The Morgan fingerprint density at radius 2 is 2.35 bits per heavy atom. The van der Waals surface area contributed by atoms with Crippen molar-refractivity contribution in [3.63, 3.8) is 0 Å². The topological polar surface area (TPSA) is 42.2 Å². The van der Waals surface area contributed by atoms with Crippen LogP contribution in [0.3, 0.4) is 0 Å². The molecule has 0 radical (unpaired) electrons. The fraction of sp³-hybridized carbons (Fsp3) is 0.643. The molecule has 2 N–H and O–H groups in total. The van der Waals surface area contributed by atoms with Gasteiger partial charge in [0.05, 0.1) is 0 Å². The predicted octanol–water partition coefficient (Wildman–Crippen LogP) is 2.99. The smallest absolute Gasteiger partial charge is 0.128 e. The van der Waals surface area contributed by atoms with E-state index in [1.807, 2.05) is 6.07 Å². The summed E-state index contributed by atoms with van der Waals surface area (Å²) in [5.74, 6) is 0.709. The van der Waals surface area contributed by atoms with E-state index in [1.54, 1.807) is 6.20 Å². The second-order valence-electron chi connectivity index (χ2n) is 4.88. The van der Waals surface area contributed by atoms with Crippen molar-refractivity contribution in [3.8, 4) is 0 Å². The van der Waals surface area contributed by atoms with Crippen molar-refractivity contribution in [1.82, 2.24) is 9.88 Å². The zero-order valence-corrected chi connectivity index (χ0v) is 10.7. The molecule has 1 aliphatic heterocycles. The molecule has 1 fully saturated rings. The minimum atomic E-state index is 0.490. The number of rotatable bonds is 4. The normalized spacial score (nSPS) is 21.6. The van der Waals surface area contributed by atoms with Crippen LogP contribution in [0.25, 0.3) is 0 Å². The molecular weight excluding hydrogens is 210 g/mol. The Hall–Kier alpha value is -1.09. The zero-order chi connectivity index (χ0) is 12.1. The summed E-state index contributed by atoms with van der Waals surface area (Å²) in [7, 11) is 0. The van der Waals surface area contributed by atoms with Crippen molar-refractivity contribution in [2.45, 2.75) is 45.1 Å². The SMILES string of the molecule is CCCCN1CCCC[C@H]1c1cccnc1N. The maximum Gasteiger partial charge on any atom is 0.128 e. The lowest BCUT2D eigenvalue weighted by molar-refractivity contribution is 0.147. The first-order valence-electron chi connectivity index (χ1n) is 6.77. The van der Waals surface area contributed by atoms with Crippen LogP contribution < -0.4 is 5.73 Å². The predicted molar refractivity (Wildman–Crippen MR) is 71.7 cm³/mol. The number of aromatic nitrogens is 1. The van der Waals surface area contributed by atoms with Gasteiger partial charge in [-0.3, -0.25) is 4.90 Å². The lowest BCUT2D eigenvalue weighted by Gasteiger charge is -2.36. The third-order valence-electron chi connectivity index (χ3n) is 3.64. The van der Waals surface area contributed by atoms with Crippen LogP contribution in [0.4, 0.5) is 5.82 Å². The molecule has 94 valence electrons. The highest BCUT2D eigenvalue weighted by Gasteiger charge is 2.24. The molecule has 0 aromatic carbocycles. The fourth-order valence-corrected chi connectivity index (χ4v) is 2.68. The molecule has 0 bridgehead atoms. The van der Waals surface area contributed by atoms with Gasteiger partial charge in [-0.1, -0.05) is 25.8 Å². The number of nitrogens with zero attached hydrogens (tertiary/aromatic N) is 2. The first-order chi connectivity index (χ1) is 8.33. The highest BCUT2D eigenvalue weighted by Crippen LogP contribution is 2.33. The molecule has 1 saturated heterocycles. The summed E-state index contributed by atoms with van der Waals surface area (Å²) in [6.07, 6.45) is 8.15. The maximum absolute atomic E-state index is 6.00. The Labute approximate surface area is 104 Å². The van der Waals surface area contributed by atoms with Crippen LogP contribution in [-0.2, 0) is 0 Å². The van der Waals surface area contributed by atoms with E-state index >= 15 is 0 Å². The minimum Gasteiger partial charge on any atom is -0.383 e. The number of likely N-dealkylation sites (tertiary alicyclic amines) is 1. The van der Waals surface area contributed by atoms with Crippen molar-refractivity contribution in [2.75, 3.05) is 18.8 Å². The van der Waals surface area contributed by atoms with Crippen LogP contribution in [0.5, 0.6) is 0 Å². The lowest BCUT2D eigenvalue weighted by Crippen LogP contribution is -2.34. The third-order valence-corrected chi connectivity index (χ3v) is 3.64. The van der Waals surface area contributed by atoms with E-state index in [1.165, 1.54) is 50.8 Å². The summed E-state index contributed by atoms with van der Waals surface area (Å²) >= 11 is 0. The Balaban J connectivity index is 2.13. The standard InChI is InChI=1S/C14H23N3/c1-2-3-10-17-11-5-4-8-13(17)12-7-6-9-16-14(12)15/h6-7,9,13H,2-5,8,10-11H2,1H3,(H2,15,16)/t13-/m0/s1. The van der Waals surface area contributed by atoms with E-state index in [0.29, 0.717) is 11.9 Å². The highest BCUT2D eigenvalue weighted by atomic mass is 15.2. The summed E-state index contributed by atoms with van der Waals surface area (Å²) in [6, 6.07) is 4.62. The summed E-state index contributed by atoms with van der Waals surface area (Å²) < 4.78 is 0. The number of pyridine rings is 1. The number of hydrogen-bond acceptors (Lipinski definition) is 3. The van der Waals surface area contributed by atoms with Crippen molar-refractivity contribution in [1.29, 1.82) is 0 Å². The van der Waals surface area contributed by atoms with Gasteiger partial charge in [-0.2, -0.15) is 0 Å². The number of nitrogen functional groups attached to an aromatic ring is 1. The van der Waals surface area contributed by atoms with Gasteiger partial charge in [0.15, 0.2) is 0 Å². The summed E-state index contributed by atoms with van der Waals surface area (Å²) in [4.78, 5) is 6.80. The molecule has 1 aromatic rings. The van der Waals surface area contributed by atoms with E-state index in [2.05, 4.69) is 22.9 Å². The van der Waals surface area contributed by atoms with Gasteiger partial charge >= 0.3 is 0 Å². The molecule has 1 aliphatic rings. The molecule has 0 amide bonds. The first kappa shape index (κ1) is 12.4. The van der Waals surface area contributed by atoms with Crippen LogP contribution in [0, 0.1) is 0 Å². The minimum absolute atomic E-state index is 0.490. The van der Waals surface area contributed by atoms with E-state index in [0.717, 1.165) is 0 Å². The lowest BCUT2D eigenvalue weighted by atomic mass is 9.95. The van der Waals surface area contributed by atoms with Gasteiger partial charge < -0.3 is 5.73 Å². The maximum atomic E-state index is 6.00. The second-order valence-corrected chi connectivity index (χ2v) is 4.88. The largest absolute Gasteiger partial charge is 0.383 e. The van der Waals surface area contributed by atoms with Crippen molar-refractivity contribution >= 4 is 5.82 Å². The van der Waals surface area contributed by atoms with Crippen LogP contribution in [0.2, 0.25) is 0 Å². The summed E-state index contributed by atoms with van der Waals surface area (Å²) in [6.45, 7) is 4.64. The Morgan fingerprint density at radius 3 is 3.12 bits per heavy atom. The summed E-state index contributed by atoms with van der Waals surface area (Å²) in [5, 5.41) is 0. The van der Waals surface area contributed by atoms with Crippen molar-refractivity contribution in [3.05, 3.63) is 23.9 Å². The molecule has 0 spiro atoms. The van der Waals surface area contributed by atoms with E-state index in [-0.39, 0.29) is 0 Å². The molecule has 0 aliphatic carbocycles. The molecule has 1 aromatic heterocycles.